The monoisotopic (exact) mass is 219 g/mol. The van der Waals surface area contributed by atoms with E-state index in [0.29, 0.717) is 18.5 Å². The van der Waals surface area contributed by atoms with Crippen LogP contribution in [0.1, 0.15) is 19.0 Å². The molecule has 0 aliphatic rings. The Hall–Kier alpha value is -1.68. The Balaban J connectivity index is 2.49. The van der Waals surface area contributed by atoms with Gasteiger partial charge in [0, 0.05) is 24.0 Å². The number of nitrogens with two attached hydrogens (primary N) is 1. The molecule has 16 heavy (non-hydrogen) atoms. The van der Waals surface area contributed by atoms with Crippen molar-refractivity contribution in [1.29, 1.82) is 0 Å². The van der Waals surface area contributed by atoms with Crippen LogP contribution >= 0.6 is 0 Å². The summed E-state index contributed by atoms with van der Waals surface area (Å²) >= 11 is 0. The van der Waals surface area contributed by atoms with Crippen molar-refractivity contribution in [3.05, 3.63) is 42.4 Å². The lowest BCUT2D eigenvalue weighted by atomic mass is 10.1. The van der Waals surface area contributed by atoms with Gasteiger partial charge in [-0.2, -0.15) is 0 Å². The minimum atomic E-state index is -0.585. The number of hydrogen-bond donors (Lipinski definition) is 2. The number of carbonyl (C=O) groups is 1. The van der Waals surface area contributed by atoms with Crippen LogP contribution in [0.4, 0.5) is 0 Å². The maximum Gasteiger partial charge on any atom is 0.241 e. The Morgan fingerprint density at radius 3 is 2.94 bits per heavy atom. The van der Waals surface area contributed by atoms with Crippen LogP contribution in [0, 0.1) is 0 Å². The minimum absolute atomic E-state index is 0.211. The summed E-state index contributed by atoms with van der Waals surface area (Å²) < 4.78 is 0. The van der Waals surface area contributed by atoms with Crippen LogP contribution in [0.5, 0.6) is 0 Å². The maximum atomic E-state index is 11.6. The van der Waals surface area contributed by atoms with Crippen molar-refractivity contribution in [3.63, 3.8) is 0 Å². The first-order chi connectivity index (χ1) is 7.63. The largest absolute Gasteiger partial charge is 0.329 e. The van der Waals surface area contributed by atoms with E-state index in [2.05, 4.69) is 16.9 Å². The highest BCUT2D eigenvalue weighted by atomic mass is 16.2. The number of hydrogen-bond acceptors (Lipinski definition) is 3. The highest BCUT2D eigenvalue weighted by molar-refractivity contribution is 5.83. The van der Waals surface area contributed by atoms with E-state index in [0.717, 1.165) is 5.69 Å². The van der Waals surface area contributed by atoms with Crippen molar-refractivity contribution in [1.82, 2.24) is 10.3 Å². The van der Waals surface area contributed by atoms with Crippen molar-refractivity contribution in [2.75, 3.05) is 0 Å². The fourth-order valence-corrected chi connectivity index (χ4v) is 1.19. The third-order valence-electron chi connectivity index (χ3n) is 2.22. The maximum absolute atomic E-state index is 11.6. The quantitative estimate of drug-likeness (QED) is 0.776. The van der Waals surface area contributed by atoms with Crippen LogP contribution in [0.15, 0.2) is 36.7 Å². The van der Waals surface area contributed by atoms with E-state index < -0.39 is 6.04 Å². The molecule has 0 unspecified atom stereocenters. The highest BCUT2D eigenvalue weighted by Crippen LogP contribution is 1.99. The Kier molecular flexibility index (Phi) is 4.66. The van der Waals surface area contributed by atoms with Gasteiger partial charge < -0.3 is 11.1 Å². The summed E-state index contributed by atoms with van der Waals surface area (Å²) in [7, 11) is 0. The van der Waals surface area contributed by atoms with Gasteiger partial charge in [-0.05, 0) is 18.6 Å². The number of nitrogens with one attached hydrogen (secondary N) is 1. The van der Waals surface area contributed by atoms with Crippen molar-refractivity contribution in [2.24, 2.45) is 5.73 Å². The van der Waals surface area contributed by atoms with E-state index in [9.17, 15) is 4.79 Å². The smallest absolute Gasteiger partial charge is 0.241 e. The lowest BCUT2D eigenvalue weighted by Crippen LogP contribution is -2.41. The van der Waals surface area contributed by atoms with E-state index in [1.165, 1.54) is 0 Å². The van der Waals surface area contributed by atoms with Gasteiger partial charge >= 0.3 is 0 Å². The van der Waals surface area contributed by atoms with Gasteiger partial charge in [0.15, 0.2) is 0 Å². The number of rotatable bonds is 5. The number of carbonyl (C=O) groups excluding carboxylic acids is 1. The Bertz CT molecular complexity index is 362. The zero-order valence-corrected chi connectivity index (χ0v) is 9.44. The summed E-state index contributed by atoms with van der Waals surface area (Å²) in [5, 5.41) is 2.66. The molecule has 0 saturated carbocycles. The fraction of sp³-hybridized carbons (Fsp3) is 0.333. The molecule has 1 amide bonds. The van der Waals surface area contributed by atoms with E-state index >= 15 is 0 Å². The molecule has 0 aromatic carbocycles. The minimum Gasteiger partial charge on any atom is -0.329 e. The highest BCUT2D eigenvalue weighted by Gasteiger charge is 2.14. The molecule has 0 spiro atoms. The Labute approximate surface area is 95.6 Å². The summed E-state index contributed by atoms with van der Waals surface area (Å²) in [5.74, 6) is -0.211. The molecule has 1 aromatic rings. The molecule has 4 heteroatoms. The third-order valence-corrected chi connectivity index (χ3v) is 2.22. The molecule has 0 radical (unpaired) electrons. The van der Waals surface area contributed by atoms with Gasteiger partial charge in [0.2, 0.25) is 5.91 Å². The van der Waals surface area contributed by atoms with Gasteiger partial charge in [-0.1, -0.05) is 19.6 Å². The summed E-state index contributed by atoms with van der Waals surface area (Å²) in [6.07, 6.45) is 2.83. The van der Waals surface area contributed by atoms with Gasteiger partial charge in [0.1, 0.15) is 0 Å². The lowest BCUT2D eigenvalue weighted by molar-refractivity contribution is -0.121. The molecule has 4 nitrogen and oxygen atoms in total. The molecule has 0 aliphatic carbocycles. The van der Waals surface area contributed by atoms with Gasteiger partial charge in [-0.3, -0.25) is 9.78 Å². The van der Waals surface area contributed by atoms with E-state index in [4.69, 9.17) is 5.73 Å². The van der Waals surface area contributed by atoms with E-state index in [-0.39, 0.29) is 5.91 Å². The van der Waals surface area contributed by atoms with Crippen LogP contribution in [-0.2, 0) is 11.2 Å². The molecular formula is C12H17N3O. The standard InChI is InChI=1S/C12H17N3O/c1-3-9(2)15-12(16)11(13)8-10-6-4-5-7-14-10/h4-7,11H,2-3,8,13H2,1H3,(H,15,16)/t11-/m1/s1. The van der Waals surface area contributed by atoms with Gasteiger partial charge in [-0.25, -0.2) is 0 Å². The van der Waals surface area contributed by atoms with Crippen LogP contribution < -0.4 is 11.1 Å². The first kappa shape index (κ1) is 12.4. The number of nitrogens with zero attached hydrogens (tertiary/aromatic N) is 1. The second-order valence-corrected chi connectivity index (χ2v) is 3.58. The summed E-state index contributed by atoms with van der Waals surface area (Å²) in [6, 6.07) is 4.96. The first-order valence-corrected chi connectivity index (χ1v) is 5.27. The fourth-order valence-electron chi connectivity index (χ4n) is 1.19. The molecule has 1 heterocycles. The molecule has 0 aliphatic heterocycles. The van der Waals surface area contributed by atoms with Gasteiger partial charge in [0.25, 0.3) is 0 Å². The predicted molar refractivity (Wildman–Crippen MR) is 63.5 cm³/mol. The lowest BCUT2D eigenvalue weighted by Gasteiger charge is -2.12. The average Bonchev–Trinajstić information content (AvgIpc) is 2.30. The van der Waals surface area contributed by atoms with Crippen LogP contribution in [0.25, 0.3) is 0 Å². The zero-order chi connectivity index (χ0) is 12.0. The van der Waals surface area contributed by atoms with Crippen molar-refractivity contribution < 1.29 is 4.79 Å². The number of allylic oxidation sites excluding steroid dienone is 1. The summed E-state index contributed by atoms with van der Waals surface area (Å²) in [5.41, 5.74) is 7.25. The number of aromatic nitrogens is 1. The number of pyridine rings is 1. The zero-order valence-electron chi connectivity index (χ0n) is 9.44. The Morgan fingerprint density at radius 2 is 2.38 bits per heavy atom. The molecule has 1 atom stereocenters. The normalized spacial score (nSPS) is 11.9. The van der Waals surface area contributed by atoms with E-state index in [1.807, 2.05) is 25.1 Å². The second-order valence-electron chi connectivity index (χ2n) is 3.58. The topological polar surface area (TPSA) is 68.0 Å². The molecule has 0 bridgehead atoms. The molecule has 3 N–H and O–H groups in total. The van der Waals surface area contributed by atoms with Crippen LogP contribution in [-0.4, -0.2) is 16.9 Å². The summed E-state index contributed by atoms with van der Waals surface area (Å²) in [6.45, 7) is 5.62. The molecule has 1 aromatic heterocycles. The predicted octanol–water partition coefficient (Wildman–Crippen LogP) is 0.991. The van der Waals surface area contributed by atoms with Crippen molar-refractivity contribution >= 4 is 5.91 Å². The first-order valence-electron chi connectivity index (χ1n) is 5.27. The van der Waals surface area contributed by atoms with Crippen LogP contribution in [0.3, 0.4) is 0 Å². The SMILES string of the molecule is C=C(CC)NC(=O)[C@H](N)Cc1ccccn1. The van der Waals surface area contributed by atoms with Crippen molar-refractivity contribution in [2.45, 2.75) is 25.8 Å². The molecule has 86 valence electrons. The molecule has 0 fully saturated rings. The van der Waals surface area contributed by atoms with Gasteiger partial charge in [0.05, 0.1) is 6.04 Å². The van der Waals surface area contributed by atoms with Gasteiger partial charge in [-0.15, -0.1) is 0 Å². The molecular weight excluding hydrogens is 202 g/mol. The third kappa shape index (κ3) is 3.82. The second kappa shape index (κ2) is 6.02. The Morgan fingerprint density at radius 1 is 1.62 bits per heavy atom. The molecule has 0 saturated heterocycles. The van der Waals surface area contributed by atoms with Crippen LogP contribution in [0.2, 0.25) is 0 Å². The van der Waals surface area contributed by atoms with E-state index in [1.54, 1.807) is 6.20 Å². The summed E-state index contributed by atoms with van der Waals surface area (Å²) in [4.78, 5) is 15.7. The average molecular weight is 219 g/mol. The van der Waals surface area contributed by atoms with Crippen molar-refractivity contribution in [3.8, 4) is 0 Å². The molecule has 1 rings (SSSR count). The number of amides is 1.